The fourth-order valence-corrected chi connectivity index (χ4v) is 2.57. The zero-order chi connectivity index (χ0) is 13.7. The Morgan fingerprint density at radius 1 is 1.28 bits per heavy atom. The first-order chi connectivity index (χ1) is 9.20. The molecule has 1 aliphatic heterocycles. The van der Waals surface area contributed by atoms with Crippen LogP contribution in [0.15, 0.2) is 24.3 Å². The number of rotatable bonds is 4. The maximum absolute atomic E-state index is 12.3. The van der Waals surface area contributed by atoms with Crippen LogP contribution in [0.2, 0.25) is 0 Å². The molecule has 1 heterocycles. The lowest BCUT2D eigenvalue weighted by atomic mass is 9.97. The fourth-order valence-electron chi connectivity index (χ4n) is 2.57. The molecule has 2 rings (SSSR count). The summed E-state index contributed by atoms with van der Waals surface area (Å²) >= 11 is 0. The minimum Gasteiger partial charge on any atom is -0.303 e. The highest BCUT2D eigenvalue weighted by atomic mass is 16.1. The maximum Gasteiger partial charge on any atom is 0.166 e. The number of ketones is 1. The summed E-state index contributed by atoms with van der Waals surface area (Å²) in [6.07, 6.45) is 3.85. The summed E-state index contributed by atoms with van der Waals surface area (Å²) in [5.41, 5.74) is 1.74. The number of benzene rings is 1. The molecule has 1 fully saturated rings. The smallest absolute Gasteiger partial charge is 0.166 e. The summed E-state index contributed by atoms with van der Waals surface area (Å²) in [4.78, 5) is 14.8. The molecule has 0 saturated carbocycles. The molecule has 1 saturated heterocycles. The standard InChI is InChI=1S/C16H23NO/c1-13-6-8-15(9-7-13)16(18)14(2)12-17-10-4-3-5-11-17/h6-9,14H,3-5,10-12H2,1-2H3/i1D. The molecule has 1 atom stereocenters. The van der Waals surface area contributed by atoms with Gasteiger partial charge in [0.05, 0.1) is 0 Å². The van der Waals surface area contributed by atoms with Gasteiger partial charge in [0.15, 0.2) is 5.78 Å². The number of carbonyl (C=O) groups excluding carboxylic acids is 1. The van der Waals surface area contributed by atoms with Crippen molar-refractivity contribution in [2.75, 3.05) is 19.6 Å². The van der Waals surface area contributed by atoms with Crippen LogP contribution < -0.4 is 0 Å². The van der Waals surface area contributed by atoms with E-state index in [1.54, 1.807) is 0 Å². The van der Waals surface area contributed by atoms with Crippen LogP contribution in [-0.4, -0.2) is 30.3 Å². The zero-order valence-corrected chi connectivity index (χ0v) is 11.2. The van der Waals surface area contributed by atoms with Gasteiger partial charge in [-0.15, -0.1) is 0 Å². The van der Waals surface area contributed by atoms with Gasteiger partial charge in [-0.2, -0.15) is 0 Å². The average molecular weight is 246 g/mol. The second-order valence-electron chi connectivity index (χ2n) is 5.32. The third-order valence-electron chi connectivity index (χ3n) is 3.67. The van der Waals surface area contributed by atoms with E-state index in [9.17, 15) is 4.79 Å². The Balaban J connectivity index is 1.93. The summed E-state index contributed by atoms with van der Waals surface area (Å²) in [6.45, 7) is 5.44. The van der Waals surface area contributed by atoms with Crippen molar-refractivity contribution in [1.82, 2.24) is 4.90 Å². The van der Waals surface area contributed by atoms with Crippen molar-refractivity contribution in [2.45, 2.75) is 33.1 Å². The zero-order valence-electron chi connectivity index (χ0n) is 12.2. The maximum atomic E-state index is 12.3. The summed E-state index contributed by atoms with van der Waals surface area (Å²) < 4.78 is 7.28. The highest BCUT2D eigenvalue weighted by Gasteiger charge is 2.19. The van der Waals surface area contributed by atoms with Gasteiger partial charge in [0.2, 0.25) is 0 Å². The molecule has 2 nitrogen and oxygen atoms in total. The molecule has 98 valence electrons. The molecule has 1 aromatic carbocycles. The van der Waals surface area contributed by atoms with Gasteiger partial charge in [-0.05, 0) is 32.8 Å². The Morgan fingerprint density at radius 3 is 2.56 bits per heavy atom. The van der Waals surface area contributed by atoms with Gasteiger partial charge in [0, 0.05) is 19.4 Å². The van der Waals surface area contributed by atoms with Gasteiger partial charge < -0.3 is 4.90 Å². The van der Waals surface area contributed by atoms with Crippen molar-refractivity contribution < 1.29 is 6.17 Å². The lowest BCUT2D eigenvalue weighted by Gasteiger charge is -2.28. The average Bonchev–Trinajstić information content (AvgIpc) is 2.47. The highest BCUT2D eigenvalue weighted by Crippen LogP contribution is 2.15. The van der Waals surface area contributed by atoms with Gasteiger partial charge >= 0.3 is 0 Å². The number of hydrogen-bond donors (Lipinski definition) is 0. The fraction of sp³-hybridized carbons (Fsp3) is 0.562. The quantitative estimate of drug-likeness (QED) is 0.760. The number of aryl methyl sites for hydroxylation is 1. The van der Waals surface area contributed by atoms with Crippen LogP contribution in [0.25, 0.3) is 0 Å². The Hall–Kier alpha value is -1.15. The number of carbonyl (C=O) groups is 1. The predicted octanol–water partition coefficient (Wildman–Crippen LogP) is 3.30. The van der Waals surface area contributed by atoms with Crippen molar-refractivity contribution in [3.05, 3.63) is 35.4 Å². The number of piperidine rings is 1. The van der Waals surface area contributed by atoms with Crippen molar-refractivity contribution in [3.63, 3.8) is 0 Å². The van der Waals surface area contributed by atoms with E-state index in [-0.39, 0.29) is 18.6 Å². The lowest BCUT2D eigenvalue weighted by Crippen LogP contribution is -2.35. The summed E-state index contributed by atoms with van der Waals surface area (Å²) in [5, 5.41) is 0. The van der Waals surface area contributed by atoms with Crippen molar-refractivity contribution in [3.8, 4) is 0 Å². The van der Waals surface area contributed by atoms with Gasteiger partial charge in [0.1, 0.15) is 0 Å². The molecule has 1 aromatic rings. The van der Waals surface area contributed by atoms with Crippen LogP contribution in [0.5, 0.6) is 0 Å². The largest absolute Gasteiger partial charge is 0.303 e. The van der Waals surface area contributed by atoms with Crippen LogP contribution in [0.4, 0.5) is 0 Å². The molecule has 18 heavy (non-hydrogen) atoms. The predicted molar refractivity (Wildman–Crippen MR) is 75.0 cm³/mol. The molecule has 1 unspecified atom stereocenters. The Morgan fingerprint density at radius 2 is 1.94 bits per heavy atom. The topological polar surface area (TPSA) is 20.3 Å². The van der Waals surface area contributed by atoms with E-state index in [2.05, 4.69) is 4.90 Å². The first kappa shape index (κ1) is 11.9. The van der Waals surface area contributed by atoms with E-state index < -0.39 is 0 Å². The Kier molecular flexibility index (Phi) is 4.07. The lowest BCUT2D eigenvalue weighted by molar-refractivity contribution is 0.0883. The molecule has 0 spiro atoms. The van der Waals surface area contributed by atoms with Crippen molar-refractivity contribution >= 4 is 5.78 Å². The number of likely N-dealkylation sites (tertiary alicyclic amines) is 1. The molecule has 2 heteroatoms. The second kappa shape index (κ2) is 6.14. The molecule has 0 N–H and O–H groups in total. The van der Waals surface area contributed by atoms with Gasteiger partial charge in [-0.3, -0.25) is 4.79 Å². The minimum atomic E-state index is 0.0555. The van der Waals surface area contributed by atoms with Gasteiger partial charge in [-0.1, -0.05) is 43.2 Å². The summed E-state index contributed by atoms with van der Waals surface area (Å²) in [6, 6.07) is 7.49. The third-order valence-corrected chi connectivity index (χ3v) is 3.67. The van der Waals surface area contributed by atoms with Crippen LogP contribution in [0, 0.1) is 12.8 Å². The second-order valence-corrected chi connectivity index (χ2v) is 5.32. The molecule has 0 amide bonds. The molecular weight excluding hydrogens is 222 g/mol. The van der Waals surface area contributed by atoms with Gasteiger partial charge in [0.25, 0.3) is 0 Å². The molecule has 0 aliphatic carbocycles. The highest BCUT2D eigenvalue weighted by molar-refractivity contribution is 5.97. The van der Waals surface area contributed by atoms with Crippen LogP contribution in [0.3, 0.4) is 0 Å². The van der Waals surface area contributed by atoms with E-state index in [4.69, 9.17) is 1.37 Å². The van der Waals surface area contributed by atoms with Crippen molar-refractivity contribution in [1.29, 1.82) is 0 Å². The van der Waals surface area contributed by atoms with Crippen molar-refractivity contribution in [2.24, 2.45) is 5.92 Å². The first-order valence-electron chi connectivity index (χ1n) is 7.56. The Bertz CT molecular complexity index is 409. The van der Waals surface area contributed by atoms with Gasteiger partial charge in [-0.25, -0.2) is 0 Å². The number of hydrogen-bond acceptors (Lipinski definition) is 2. The molecule has 0 aromatic heterocycles. The van der Waals surface area contributed by atoms with E-state index >= 15 is 0 Å². The molecule has 1 aliphatic rings. The van der Waals surface area contributed by atoms with Crippen LogP contribution >= 0.6 is 0 Å². The SMILES string of the molecule is [2H]Cc1ccc(C(=O)C(C)CN2CCCCC2)cc1. The molecular formula is C16H23NO. The van der Waals surface area contributed by atoms with Crippen LogP contribution in [-0.2, 0) is 0 Å². The first-order valence-corrected chi connectivity index (χ1v) is 6.85. The van der Waals surface area contributed by atoms with E-state index in [0.717, 1.165) is 30.8 Å². The van der Waals surface area contributed by atoms with Crippen LogP contribution in [0.1, 0.15) is 43.5 Å². The minimum absolute atomic E-state index is 0.0555. The summed E-state index contributed by atoms with van der Waals surface area (Å²) in [5.74, 6) is 0.280. The number of nitrogens with zero attached hydrogens (tertiary/aromatic N) is 1. The summed E-state index contributed by atoms with van der Waals surface area (Å²) in [7, 11) is 0. The van der Waals surface area contributed by atoms with E-state index in [1.807, 2.05) is 31.2 Å². The molecule has 0 bridgehead atoms. The third kappa shape index (κ3) is 3.42. The normalized spacial score (nSPS) is 19.3. The Labute approximate surface area is 111 Å². The monoisotopic (exact) mass is 246 g/mol. The van der Waals surface area contributed by atoms with E-state index in [1.165, 1.54) is 19.3 Å². The number of Topliss-reactive ketones (excluding diaryl/α,β-unsaturated/α-hetero) is 1. The van der Waals surface area contributed by atoms with E-state index in [0.29, 0.717) is 0 Å². The molecule has 0 radical (unpaired) electrons.